The summed E-state index contributed by atoms with van der Waals surface area (Å²) in [5.74, 6) is -0.540. The summed E-state index contributed by atoms with van der Waals surface area (Å²) >= 11 is 0. The van der Waals surface area contributed by atoms with E-state index in [0.29, 0.717) is 26.4 Å². The Morgan fingerprint density at radius 3 is 2.83 bits per heavy atom. The fourth-order valence-electron chi connectivity index (χ4n) is 2.81. The zero-order valence-corrected chi connectivity index (χ0v) is 10.5. The van der Waals surface area contributed by atoms with E-state index in [9.17, 15) is 4.79 Å². The van der Waals surface area contributed by atoms with Crippen molar-refractivity contribution in [1.29, 1.82) is 0 Å². The second-order valence-electron chi connectivity index (χ2n) is 5.14. The van der Waals surface area contributed by atoms with Gasteiger partial charge in [-0.3, -0.25) is 0 Å². The van der Waals surface area contributed by atoms with Crippen molar-refractivity contribution in [3.8, 4) is 0 Å². The van der Waals surface area contributed by atoms with Crippen molar-refractivity contribution >= 4 is 6.03 Å². The molecule has 1 atom stereocenters. The summed E-state index contributed by atoms with van der Waals surface area (Å²) in [5.41, 5.74) is 0. The molecule has 1 N–H and O–H groups in total. The fraction of sp³-hybridized carbons (Fsp3) is 0.917. The maximum Gasteiger partial charge on any atom is 0.317 e. The van der Waals surface area contributed by atoms with Gasteiger partial charge in [0.25, 0.3) is 0 Å². The highest BCUT2D eigenvalue weighted by molar-refractivity contribution is 5.74. The molecule has 3 aliphatic heterocycles. The van der Waals surface area contributed by atoms with Crippen molar-refractivity contribution < 1.29 is 19.0 Å². The van der Waals surface area contributed by atoms with E-state index in [2.05, 4.69) is 5.32 Å². The van der Waals surface area contributed by atoms with Crippen LogP contribution in [0.3, 0.4) is 0 Å². The Hall–Kier alpha value is -0.850. The average Bonchev–Trinajstić information content (AvgIpc) is 3.02. The third-order valence-corrected chi connectivity index (χ3v) is 3.78. The molecule has 0 aromatic carbocycles. The maximum absolute atomic E-state index is 12.1. The van der Waals surface area contributed by atoms with E-state index in [1.807, 2.05) is 0 Å². The summed E-state index contributed by atoms with van der Waals surface area (Å²) in [6.07, 6.45) is 2.70. The van der Waals surface area contributed by atoms with E-state index >= 15 is 0 Å². The van der Waals surface area contributed by atoms with Crippen molar-refractivity contribution in [3.05, 3.63) is 0 Å². The Labute approximate surface area is 107 Å². The van der Waals surface area contributed by atoms with E-state index in [-0.39, 0.29) is 12.1 Å². The lowest BCUT2D eigenvalue weighted by atomic mass is 10.1. The van der Waals surface area contributed by atoms with Gasteiger partial charge in [0.15, 0.2) is 5.79 Å². The molecule has 3 saturated heterocycles. The normalized spacial score (nSPS) is 30.9. The van der Waals surface area contributed by atoms with Crippen LogP contribution in [0.2, 0.25) is 0 Å². The lowest BCUT2D eigenvalue weighted by Crippen LogP contribution is -2.55. The molecular formula is C12H20N2O4. The average molecular weight is 256 g/mol. The van der Waals surface area contributed by atoms with E-state index in [1.54, 1.807) is 4.90 Å². The van der Waals surface area contributed by atoms with Crippen molar-refractivity contribution in [1.82, 2.24) is 10.2 Å². The molecule has 3 aliphatic rings. The Kier molecular flexibility index (Phi) is 3.41. The van der Waals surface area contributed by atoms with Crippen LogP contribution in [0.15, 0.2) is 0 Å². The molecule has 1 unspecified atom stereocenters. The van der Waals surface area contributed by atoms with E-state index in [1.165, 1.54) is 0 Å². The van der Waals surface area contributed by atoms with Crippen molar-refractivity contribution in [2.24, 2.45) is 0 Å². The smallest absolute Gasteiger partial charge is 0.317 e. The van der Waals surface area contributed by atoms with Crippen LogP contribution >= 0.6 is 0 Å². The van der Waals surface area contributed by atoms with Crippen LogP contribution in [-0.2, 0) is 14.2 Å². The summed E-state index contributed by atoms with van der Waals surface area (Å²) in [6, 6.07) is 0.129. The molecule has 102 valence electrons. The predicted octanol–water partition coefficient (Wildman–Crippen LogP) is 0.324. The molecule has 0 aliphatic carbocycles. The van der Waals surface area contributed by atoms with Gasteiger partial charge in [0.2, 0.25) is 0 Å². The minimum atomic E-state index is -0.540. The maximum atomic E-state index is 12.1. The van der Waals surface area contributed by atoms with E-state index in [4.69, 9.17) is 14.2 Å². The molecule has 0 radical (unpaired) electrons. The number of ether oxygens (including phenoxy) is 3. The summed E-state index contributed by atoms with van der Waals surface area (Å²) in [7, 11) is 0. The van der Waals surface area contributed by atoms with E-state index in [0.717, 1.165) is 32.4 Å². The molecule has 6 heteroatoms. The highest BCUT2D eigenvalue weighted by atomic mass is 16.7. The Morgan fingerprint density at radius 2 is 2.11 bits per heavy atom. The van der Waals surface area contributed by atoms with Crippen molar-refractivity contribution in [2.75, 3.05) is 39.5 Å². The van der Waals surface area contributed by atoms with Crippen LogP contribution in [0.25, 0.3) is 0 Å². The number of carbonyl (C=O) groups is 1. The zero-order chi connectivity index (χ0) is 12.4. The SMILES string of the molecule is O=C(NC1CCOC1)N1CCCC2(C1)OCCO2. The largest absolute Gasteiger partial charge is 0.379 e. The van der Waals surface area contributed by atoms with Gasteiger partial charge in [-0.2, -0.15) is 0 Å². The molecule has 0 aromatic rings. The topological polar surface area (TPSA) is 60.0 Å². The first-order valence-corrected chi connectivity index (χ1v) is 6.69. The number of likely N-dealkylation sites (tertiary alicyclic amines) is 1. The molecule has 0 bridgehead atoms. The second kappa shape index (κ2) is 5.03. The van der Waals surface area contributed by atoms with Crippen LogP contribution in [-0.4, -0.2) is 62.3 Å². The molecule has 0 aromatic heterocycles. The van der Waals surface area contributed by atoms with Gasteiger partial charge < -0.3 is 24.4 Å². The van der Waals surface area contributed by atoms with E-state index < -0.39 is 5.79 Å². The van der Waals surface area contributed by atoms with Crippen LogP contribution in [0.1, 0.15) is 19.3 Å². The molecule has 0 saturated carbocycles. The van der Waals surface area contributed by atoms with Crippen LogP contribution in [0.5, 0.6) is 0 Å². The summed E-state index contributed by atoms with van der Waals surface area (Å²) in [6.45, 7) is 3.93. The first-order chi connectivity index (χ1) is 8.77. The van der Waals surface area contributed by atoms with Crippen molar-refractivity contribution in [3.63, 3.8) is 0 Å². The molecule has 1 spiro atoms. The van der Waals surface area contributed by atoms with Gasteiger partial charge in [-0.15, -0.1) is 0 Å². The molecule has 6 nitrogen and oxygen atoms in total. The molecular weight excluding hydrogens is 236 g/mol. The Morgan fingerprint density at radius 1 is 1.28 bits per heavy atom. The highest BCUT2D eigenvalue weighted by Crippen LogP contribution is 2.30. The minimum Gasteiger partial charge on any atom is -0.379 e. The standard InChI is InChI=1S/C12H20N2O4/c15-11(13-10-2-5-16-8-10)14-4-1-3-12(9-14)17-6-7-18-12/h10H,1-9H2,(H,13,15). The number of hydrogen-bond donors (Lipinski definition) is 1. The monoisotopic (exact) mass is 256 g/mol. The number of hydrogen-bond acceptors (Lipinski definition) is 4. The molecule has 3 heterocycles. The highest BCUT2D eigenvalue weighted by Gasteiger charge is 2.42. The number of amides is 2. The van der Waals surface area contributed by atoms with Crippen molar-refractivity contribution in [2.45, 2.75) is 31.1 Å². The third kappa shape index (κ3) is 2.46. The number of rotatable bonds is 1. The van der Waals surface area contributed by atoms with Crippen LogP contribution < -0.4 is 5.32 Å². The van der Waals surface area contributed by atoms with Gasteiger partial charge in [-0.05, 0) is 12.8 Å². The Balaban J connectivity index is 1.56. The number of nitrogens with one attached hydrogen (secondary N) is 1. The fourth-order valence-corrected chi connectivity index (χ4v) is 2.81. The minimum absolute atomic E-state index is 0.0244. The predicted molar refractivity (Wildman–Crippen MR) is 63.2 cm³/mol. The third-order valence-electron chi connectivity index (χ3n) is 3.78. The number of nitrogens with zero attached hydrogens (tertiary/aromatic N) is 1. The number of carbonyl (C=O) groups excluding carboxylic acids is 1. The first kappa shape index (κ1) is 12.2. The lowest BCUT2D eigenvalue weighted by molar-refractivity contribution is -0.182. The van der Waals surface area contributed by atoms with Gasteiger partial charge in [0.05, 0.1) is 32.4 Å². The van der Waals surface area contributed by atoms with Gasteiger partial charge in [0.1, 0.15) is 0 Å². The summed E-state index contributed by atoms with van der Waals surface area (Å²) in [4.78, 5) is 13.9. The summed E-state index contributed by atoms with van der Waals surface area (Å²) < 4.78 is 16.6. The number of urea groups is 1. The number of piperidine rings is 1. The lowest BCUT2D eigenvalue weighted by Gasteiger charge is -2.38. The molecule has 2 amide bonds. The molecule has 3 rings (SSSR count). The van der Waals surface area contributed by atoms with Crippen LogP contribution in [0.4, 0.5) is 4.79 Å². The van der Waals surface area contributed by atoms with Gasteiger partial charge in [-0.1, -0.05) is 0 Å². The molecule has 18 heavy (non-hydrogen) atoms. The molecule has 3 fully saturated rings. The Bertz CT molecular complexity index is 311. The van der Waals surface area contributed by atoms with Gasteiger partial charge in [0, 0.05) is 19.6 Å². The summed E-state index contributed by atoms with van der Waals surface area (Å²) in [5, 5.41) is 3.01. The second-order valence-corrected chi connectivity index (χ2v) is 5.14. The quantitative estimate of drug-likeness (QED) is 0.734. The van der Waals surface area contributed by atoms with Gasteiger partial charge in [-0.25, -0.2) is 4.79 Å². The first-order valence-electron chi connectivity index (χ1n) is 6.69. The van der Waals surface area contributed by atoms with Crippen LogP contribution in [0, 0.1) is 0 Å². The van der Waals surface area contributed by atoms with Gasteiger partial charge >= 0.3 is 6.03 Å². The zero-order valence-electron chi connectivity index (χ0n) is 10.5.